The molecule has 2 atom stereocenters. The van der Waals surface area contributed by atoms with Crippen LogP contribution in [0.2, 0.25) is 5.02 Å². The van der Waals surface area contributed by atoms with Crippen molar-refractivity contribution in [3.05, 3.63) is 46.7 Å². The number of fused-ring (bicyclic) bond motifs is 1. The molecule has 1 N–H and O–H groups in total. The van der Waals surface area contributed by atoms with Crippen molar-refractivity contribution in [1.82, 2.24) is 9.78 Å². The number of para-hydroxylation sites is 1. The van der Waals surface area contributed by atoms with Crippen molar-refractivity contribution >= 4 is 11.6 Å². The van der Waals surface area contributed by atoms with E-state index in [2.05, 4.69) is 5.10 Å². The average molecular weight is 309 g/mol. The van der Waals surface area contributed by atoms with Gasteiger partial charge >= 0.3 is 0 Å². The summed E-state index contributed by atoms with van der Waals surface area (Å²) in [6, 6.07) is 7.80. The number of benzene rings is 1. The lowest BCUT2D eigenvalue weighted by Gasteiger charge is -2.20. The molecule has 0 saturated carbocycles. The number of rotatable bonds is 5. The average Bonchev–Trinajstić information content (AvgIpc) is 3.08. The molecule has 0 spiro atoms. The fourth-order valence-electron chi connectivity index (χ4n) is 2.58. The largest absolute Gasteiger partial charge is 0.487 e. The standard InChI is InChI=1S/C15H17ClN2O3/c1-20-7-6-18-14(11(16)9-17-18)15(19)13-8-10-4-2-3-5-12(10)21-13/h2-5,9,13,15,19H,6-8H2,1H3. The van der Waals surface area contributed by atoms with Crippen LogP contribution in [-0.4, -0.2) is 34.7 Å². The molecule has 5 nitrogen and oxygen atoms in total. The molecule has 0 fully saturated rings. The minimum absolute atomic E-state index is 0.349. The number of methoxy groups -OCH3 is 1. The Balaban J connectivity index is 1.80. The minimum Gasteiger partial charge on any atom is -0.487 e. The Morgan fingerprint density at radius 1 is 1.52 bits per heavy atom. The summed E-state index contributed by atoms with van der Waals surface area (Å²) < 4.78 is 12.5. The van der Waals surface area contributed by atoms with E-state index in [0.29, 0.717) is 30.3 Å². The highest BCUT2D eigenvalue weighted by atomic mass is 35.5. The first kappa shape index (κ1) is 14.4. The fraction of sp³-hybridized carbons (Fsp3) is 0.400. The van der Waals surface area contributed by atoms with Crippen molar-refractivity contribution < 1.29 is 14.6 Å². The number of hydrogen-bond donors (Lipinski definition) is 1. The van der Waals surface area contributed by atoms with Crippen molar-refractivity contribution in [1.29, 1.82) is 0 Å². The van der Waals surface area contributed by atoms with Gasteiger partial charge in [0.05, 0.1) is 30.1 Å². The summed E-state index contributed by atoms with van der Waals surface area (Å²) in [5.41, 5.74) is 1.67. The molecule has 2 unspecified atom stereocenters. The molecule has 1 aromatic heterocycles. The van der Waals surface area contributed by atoms with Gasteiger partial charge < -0.3 is 14.6 Å². The van der Waals surface area contributed by atoms with Gasteiger partial charge in [0.15, 0.2) is 0 Å². The molecule has 1 aliphatic rings. The lowest BCUT2D eigenvalue weighted by molar-refractivity contribution is 0.0418. The van der Waals surface area contributed by atoms with Crippen molar-refractivity contribution in [3.63, 3.8) is 0 Å². The first-order valence-corrected chi connectivity index (χ1v) is 7.21. The molecule has 0 amide bonds. The van der Waals surface area contributed by atoms with Crippen LogP contribution in [0.4, 0.5) is 0 Å². The normalized spacial score (nSPS) is 18.3. The molecular weight excluding hydrogens is 292 g/mol. The summed E-state index contributed by atoms with van der Waals surface area (Å²) in [4.78, 5) is 0. The second-order valence-corrected chi connectivity index (χ2v) is 5.41. The van der Waals surface area contributed by atoms with Crippen molar-refractivity contribution in [2.45, 2.75) is 25.2 Å². The van der Waals surface area contributed by atoms with E-state index in [-0.39, 0.29) is 6.10 Å². The number of aliphatic hydroxyl groups excluding tert-OH is 1. The molecule has 2 aromatic rings. The maximum absolute atomic E-state index is 10.6. The minimum atomic E-state index is -0.829. The number of hydrogen-bond acceptors (Lipinski definition) is 4. The Labute approximate surface area is 128 Å². The molecule has 2 heterocycles. The van der Waals surface area contributed by atoms with Gasteiger partial charge in [-0.2, -0.15) is 5.10 Å². The number of ether oxygens (including phenoxy) is 2. The third kappa shape index (κ3) is 2.77. The lowest BCUT2D eigenvalue weighted by Crippen LogP contribution is -2.26. The van der Waals surface area contributed by atoms with Gasteiger partial charge in [-0.15, -0.1) is 0 Å². The third-order valence-corrected chi connectivity index (χ3v) is 3.94. The quantitative estimate of drug-likeness (QED) is 0.920. The van der Waals surface area contributed by atoms with E-state index < -0.39 is 6.10 Å². The number of aromatic nitrogens is 2. The highest BCUT2D eigenvalue weighted by Crippen LogP contribution is 2.35. The van der Waals surface area contributed by atoms with E-state index in [4.69, 9.17) is 21.1 Å². The lowest BCUT2D eigenvalue weighted by atomic mass is 10.0. The summed E-state index contributed by atoms with van der Waals surface area (Å²) in [6.07, 6.45) is 1.02. The summed E-state index contributed by atoms with van der Waals surface area (Å²) in [6.45, 7) is 1.04. The summed E-state index contributed by atoms with van der Waals surface area (Å²) >= 11 is 6.17. The predicted octanol–water partition coefficient (Wildman–Crippen LogP) is 2.22. The molecule has 0 saturated heterocycles. The molecule has 6 heteroatoms. The molecule has 1 aromatic carbocycles. The van der Waals surface area contributed by atoms with E-state index in [1.807, 2.05) is 24.3 Å². The van der Waals surface area contributed by atoms with Crippen LogP contribution in [0, 0.1) is 0 Å². The van der Waals surface area contributed by atoms with E-state index in [1.165, 1.54) is 6.20 Å². The molecule has 21 heavy (non-hydrogen) atoms. The highest BCUT2D eigenvalue weighted by molar-refractivity contribution is 6.31. The summed E-state index contributed by atoms with van der Waals surface area (Å²) in [5.74, 6) is 0.820. The van der Waals surface area contributed by atoms with Gasteiger partial charge in [-0.05, 0) is 11.6 Å². The van der Waals surface area contributed by atoms with Gasteiger partial charge in [0.25, 0.3) is 0 Å². The SMILES string of the molecule is COCCn1ncc(Cl)c1C(O)C1Cc2ccccc2O1. The molecule has 0 radical (unpaired) electrons. The molecule has 3 rings (SSSR count). The van der Waals surface area contributed by atoms with E-state index in [1.54, 1.807) is 11.8 Å². The molecule has 0 bridgehead atoms. The van der Waals surface area contributed by atoms with Gasteiger partial charge in [0, 0.05) is 13.5 Å². The van der Waals surface area contributed by atoms with Crippen molar-refractivity contribution in [3.8, 4) is 5.75 Å². The predicted molar refractivity (Wildman–Crippen MR) is 78.6 cm³/mol. The maximum atomic E-state index is 10.6. The van der Waals surface area contributed by atoms with Crippen LogP contribution >= 0.6 is 11.6 Å². The zero-order valence-corrected chi connectivity index (χ0v) is 12.5. The van der Waals surface area contributed by atoms with Gasteiger partial charge in [-0.1, -0.05) is 29.8 Å². The van der Waals surface area contributed by atoms with Crippen LogP contribution in [-0.2, 0) is 17.7 Å². The number of nitrogens with zero attached hydrogens (tertiary/aromatic N) is 2. The Bertz CT molecular complexity index is 604. The van der Waals surface area contributed by atoms with Gasteiger partial charge in [-0.3, -0.25) is 4.68 Å². The molecule has 112 valence electrons. The summed E-state index contributed by atoms with van der Waals surface area (Å²) in [5, 5.41) is 15.3. The molecular formula is C15H17ClN2O3. The van der Waals surface area contributed by atoms with Crippen LogP contribution in [0.1, 0.15) is 17.4 Å². The number of aliphatic hydroxyl groups is 1. The zero-order valence-electron chi connectivity index (χ0n) is 11.7. The van der Waals surface area contributed by atoms with Gasteiger partial charge in [0.2, 0.25) is 0 Å². The van der Waals surface area contributed by atoms with E-state index in [0.717, 1.165) is 11.3 Å². The Kier molecular flexibility index (Phi) is 4.14. The first-order chi connectivity index (χ1) is 10.2. The molecule has 1 aliphatic heterocycles. The second kappa shape index (κ2) is 6.05. The van der Waals surface area contributed by atoms with Gasteiger partial charge in [0.1, 0.15) is 18.0 Å². The Morgan fingerprint density at radius 3 is 3.10 bits per heavy atom. The van der Waals surface area contributed by atoms with Crippen LogP contribution in [0.15, 0.2) is 30.5 Å². The topological polar surface area (TPSA) is 56.5 Å². The zero-order chi connectivity index (χ0) is 14.8. The van der Waals surface area contributed by atoms with E-state index >= 15 is 0 Å². The van der Waals surface area contributed by atoms with E-state index in [9.17, 15) is 5.11 Å². The van der Waals surface area contributed by atoms with Crippen molar-refractivity contribution in [2.75, 3.05) is 13.7 Å². The maximum Gasteiger partial charge on any atom is 0.134 e. The smallest absolute Gasteiger partial charge is 0.134 e. The van der Waals surface area contributed by atoms with Crippen LogP contribution in [0.5, 0.6) is 5.75 Å². The molecule has 0 aliphatic carbocycles. The monoisotopic (exact) mass is 308 g/mol. The second-order valence-electron chi connectivity index (χ2n) is 5.01. The van der Waals surface area contributed by atoms with Crippen LogP contribution < -0.4 is 4.74 Å². The fourth-order valence-corrected chi connectivity index (χ4v) is 2.84. The van der Waals surface area contributed by atoms with Crippen LogP contribution in [0.3, 0.4) is 0 Å². The van der Waals surface area contributed by atoms with Crippen LogP contribution in [0.25, 0.3) is 0 Å². The third-order valence-electron chi connectivity index (χ3n) is 3.64. The first-order valence-electron chi connectivity index (χ1n) is 6.83. The highest BCUT2D eigenvalue weighted by Gasteiger charge is 2.33. The van der Waals surface area contributed by atoms with Gasteiger partial charge in [-0.25, -0.2) is 0 Å². The van der Waals surface area contributed by atoms with Crippen molar-refractivity contribution in [2.24, 2.45) is 0 Å². The Morgan fingerprint density at radius 2 is 2.33 bits per heavy atom. The Hall–Kier alpha value is -1.56. The summed E-state index contributed by atoms with van der Waals surface area (Å²) in [7, 11) is 1.62. The number of halogens is 1.